The Morgan fingerprint density at radius 1 is 0.912 bits per heavy atom. The van der Waals surface area contributed by atoms with Crippen molar-refractivity contribution in [2.75, 3.05) is 21.3 Å². The number of ketones is 1. The molecule has 0 saturated heterocycles. The molecule has 0 N–H and O–H groups in total. The van der Waals surface area contributed by atoms with Gasteiger partial charge in [0, 0.05) is 11.6 Å². The molecule has 1 aliphatic heterocycles. The van der Waals surface area contributed by atoms with Crippen LogP contribution in [0.15, 0.2) is 48.2 Å². The SMILES string of the molecule is COc1ccc(/C=C2\Oc3cc(OCc4ccc(Cl)c(Cl)c4)cc(C)c3C2=O)c(OC)c1OC. The highest BCUT2D eigenvalue weighted by Gasteiger charge is 2.30. The summed E-state index contributed by atoms with van der Waals surface area (Å²) in [6.07, 6.45) is 1.62. The summed E-state index contributed by atoms with van der Waals surface area (Å²) in [6.45, 7) is 2.13. The van der Waals surface area contributed by atoms with E-state index in [2.05, 4.69) is 0 Å². The van der Waals surface area contributed by atoms with Gasteiger partial charge in [0.05, 0.1) is 36.9 Å². The van der Waals surface area contributed by atoms with Gasteiger partial charge < -0.3 is 23.7 Å². The lowest BCUT2D eigenvalue weighted by Gasteiger charge is -2.14. The number of allylic oxidation sites excluding steroid dienone is 1. The number of methoxy groups -OCH3 is 3. The van der Waals surface area contributed by atoms with E-state index in [4.69, 9.17) is 46.9 Å². The number of hydrogen-bond donors (Lipinski definition) is 0. The van der Waals surface area contributed by atoms with Gasteiger partial charge in [-0.2, -0.15) is 0 Å². The van der Waals surface area contributed by atoms with E-state index in [-0.39, 0.29) is 18.1 Å². The van der Waals surface area contributed by atoms with Gasteiger partial charge in [0.2, 0.25) is 11.5 Å². The van der Waals surface area contributed by atoms with Crippen LogP contribution in [0.25, 0.3) is 6.08 Å². The zero-order valence-corrected chi connectivity index (χ0v) is 20.5. The molecule has 34 heavy (non-hydrogen) atoms. The summed E-state index contributed by atoms with van der Waals surface area (Å²) in [6, 6.07) is 12.3. The second-order valence-corrected chi connectivity index (χ2v) is 8.33. The van der Waals surface area contributed by atoms with E-state index in [1.54, 1.807) is 49.6 Å². The van der Waals surface area contributed by atoms with Crippen LogP contribution < -0.4 is 23.7 Å². The molecule has 0 saturated carbocycles. The average molecular weight is 501 g/mol. The largest absolute Gasteiger partial charge is 0.493 e. The third kappa shape index (κ3) is 4.52. The number of ether oxygens (including phenoxy) is 5. The Balaban J connectivity index is 1.61. The number of Topliss-reactive ketones (excluding diaryl/α,β-unsaturated/α-hetero) is 1. The van der Waals surface area contributed by atoms with Crippen molar-refractivity contribution >= 4 is 35.1 Å². The molecule has 8 heteroatoms. The van der Waals surface area contributed by atoms with Crippen molar-refractivity contribution < 1.29 is 28.5 Å². The van der Waals surface area contributed by atoms with Crippen LogP contribution >= 0.6 is 23.2 Å². The predicted molar refractivity (Wildman–Crippen MR) is 131 cm³/mol. The standard InChI is InChI=1S/C26H22Cl2O6/c1-14-9-17(33-13-15-5-7-18(27)19(28)10-15)12-21-23(14)24(29)22(34-21)11-16-6-8-20(30-2)26(32-4)25(16)31-3/h5-12H,13H2,1-4H3/b22-11-. The van der Waals surface area contributed by atoms with Crippen LogP contribution in [0.4, 0.5) is 0 Å². The number of rotatable bonds is 7. The minimum atomic E-state index is -0.222. The molecule has 3 aromatic carbocycles. The Labute approximate surface area is 207 Å². The molecular formula is C26H22Cl2O6. The third-order valence-corrected chi connectivity index (χ3v) is 6.09. The molecule has 0 atom stereocenters. The van der Waals surface area contributed by atoms with Crippen LogP contribution in [0.5, 0.6) is 28.7 Å². The van der Waals surface area contributed by atoms with Crippen LogP contribution in [0.3, 0.4) is 0 Å². The molecule has 0 unspecified atom stereocenters. The van der Waals surface area contributed by atoms with E-state index < -0.39 is 0 Å². The number of benzene rings is 3. The van der Waals surface area contributed by atoms with Gasteiger partial charge in [-0.3, -0.25) is 4.79 Å². The van der Waals surface area contributed by atoms with Crippen LogP contribution in [0.2, 0.25) is 10.0 Å². The van der Waals surface area contributed by atoms with E-state index >= 15 is 0 Å². The summed E-state index contributed by atoms with van der Waals surface area (Å²) < 4.78 is 28.1. The number of aryl methyl sites for hydroxylation is 1. The van der Waals surface area contributed by atoms with Gasteiger partial charge in [-0.05, 0) is 54.5 Å². The van der Waals surface area contributed by atoms with E-state index in [9.17, 15) is 4.79 Å². The molecule has 0 radical (unpaired) electrons. The number of hydrogen-bond acceptors (Lipinski definition) is 6. The summed E-state index contributed by atoms with van der Waals surface area (Å²) in [5.74, 6) is 2.33. The second-order valence-electron chi connectivity index (χ2n) is 7.51. The highest BCUT2D eigenvalue weighted by atomic mass is 35.5. The molecule has 3 aromatic rings. The molecule has 0 aromatic heterocycles. The Kier molecular flexibility index (Phi) is 6.91. The Hall–Kier alpha value is -3.35. The average Bonchev–Trinajstić information content (AvgIpc) is 3.14. The molecule has 0 fully saturated rings. The lowest BCUT2D eigenvalue weighted by atomic mass is 10.0. The van der Waals surface area contributed by atoms with Crippen molar-refractivity contribution in [2.45, 2.75) is 13.5 Å². The first-order valence-electron chi connectivity index (χ1n) is 10.3. The fourth-order valence-corrected chi connectivity index (χ4v) is 4.06. The monoisotopic (exact) mass is 500 g/mol. The molecule has 1 heterocycles. The van der Waals surface area contributed by atoms with Gasteiger partial charge in [0.1, 0.15) is 18.1 Å². The maximum Gasteiger partial charge on any atom is 0.232 e. The van der Waals surface area contributed by atoms with Crippen molar-refractivity contribution in [2.24, 2.45) is 0 Å². The second kappa shape index (κ2) is 9.87. The van der Waals surface area contributed by atoms with Gasteiger partial charge in [0.15, 0.2) is 17.3 Å². The Morgan fingerprint density at radius 3 is 2.35 bits per heavy atom. The Morgan fingerprint density at radius 2 is 1.68 bits per heavy atom. The van der Waals surface area contributed by atoms with Crippen molar-refractivity contribution in [3.05, 3.63) is 80.5 Å². The fourth-order valence-electron chi connectivity index (χ4n) is 3.74. The van der Waals surface area contributed by atoms with Gasteiger partial charge >= 0.3 is 0 Å². The van der Waals surface area contributed by atoms with Gasteiger partial charge in [-0.15, -0.1) is 0 Å². The first-order chi connectivity index (χ1) is 16.4. The van der Waals surface area contributed by atoms with Crippen molar-refractivity contribution in [1.82, 2.24) is 0 Å². The van der Waals surface area contributed by atoms with Crippen molar-refractivity contribution in [3.63, 3.8) is 0 Å². The summed E-state index contributed by atoms with van der Waals surface area (Å²) >= 11 is 12.1. The summed E-state index contributed by atoms with van der Waals surface area (Å²) in [4.78, 5) is 13.1. The summed E-state index contributed by atoms with van der Waals surface area (Å²) in [7, 11) is 4.58. The maximum atomic E-state index is 13.1. The minimum Gasteiger partial charge on any atom is -0.493 e. The molecule has 0 aliphatic carbocycles. The number of fused-ring (bicyclic) bond motifs is 1. The number of halogens is 2. The van der Waals surface area contributed by atoms with E-state index in [1.165, 1.54) is 14.2 Å². The van der Waals surface area contributed by atoms with Crippen molar-refractivity contribution in [1.29, 1.82) is 0 Å². The quantitative estimate of drug-likeness (QED) is 0.344. The molecule has 0 bridgehead atoms. The highest BCUT2D eigenvalue weighted by Crippen LogP contribution is 2.42. The number of carbonyl (C=O) groups excluding carboxylic acids is 1. The first-order valence-corrected chi connectivity index (χ1v) is 11.1. The topological polar surface area (TPSA) is 63.2 Å². The summed E-state index contributed by atoms with van der Waals surface area (Å²) in [5.41, 5.74) is 2.72. The molecule has 176 valence electrons. The minimum absolute atomic E-state index is 0.172. The van der Waals surface area contributed by atoms with Crippen LogP contribution in [-0.4, -0.2) is 27.1 Å². The van der Waals surface area contributed by atoms with Crippen LogP contribution in [0, 0.1) is 6.92 Å². The van der Waals surface area contributed by atoms with Gasteiger partial charge in [-0.1, -0.05) is 29.3 Å². The normalized spacial score (nSPS) is 13.5. The number of carbonyl (C=O) groups is 1. The van der Waals surface area contributed by atoms with Gasteiger partial charge in [-0.25, -0.2) is 0 Å². The molecule has 0 amide bonds. The third-order valence-electron chi connectivity index (χ3n) is 5.35. The molecule has 0 spiro atoms. The molecule has 4 rings (SSSR count). The maximum absolute atomic E-state index is 13.1. The predicted octanol–water partition coefficient (Wildman–Crippen LogP) is 6.52. The van der Waals surface area contributed by atoms with Gasteiger partial charge in [0.25, 0.3) is 0 Å². The van der Waals surface area contributed by atoms with Crippen LogP contribution in [-0.2, 0) is 6.61 Å². The summed E-state index contributed by atoms with van der Waals surface area (Å²) in [5, 5.41) is 0.943. The zero-order valence-electron chi connectivity index (χ0n) is 19.0. The molecule has 6 nitrogen and oxygen atoms in total. The van der Waals surface area contributed by atoms with E-state index in [0.29, 0.717) is 49.9 Å². The van der Waals surface area contributed by atoms with E-state index in [1.807, 2.05) is 13.0 Å². The molecule has 1 aliphatic rings. The lowest BCUT2D eigenvalue weighted by Crippen LogP contribution is -2.01. The van der Waals surface area contributed by atoms with E-state index in [0.717, 1.165) is 11.1 Å². The zero-order chi connectivity index (χ0) is 24.4. The highest BCUT2D eigenvalue weighted by molar-refractivity contribution is 6.42. The molecular weight excluding hydrogens is 479 g/mol. The fraction of sp³-hybridized carbons (Fsp3) is 0.192. The first kappa shape index (κ1) is 23.8. The van der Waals surface area contributed by atoms with Crippen molar-refractivity contribution in [3.8, 4) is 28.7 Å². The smallest absolute Gasteiger partial charge is 0.232 e. The van der Waals surface area contributed by atoms with Crippen LogP contribution in [0.1, 0.15) is 27.0 Å². The Bertz CT molecular complexity index is 1300. The lowest BCUT2D eigenvalue weighted by molar-refractivity contribution is 0.101.